The molecule has 1 N–H and O–H groups in total. The second-order valence-electron chi connectivity index (χ2n) is 2.30. The first-order valence-corrected chi connectivity index (χ1v) is 4.96. The molecule has 0 saturated heterocycles. The van der Waals surface area contributed by atoms with Gasteiger partial charge in [0.15, 0.2) is 0 Å². The van der Waals surface area contributed by atoms with E-state index >= 15 is 0 Å². The average Bonchev–Trinajstić information content (AvgIpc) is 1.93. The molecule has 3 heteroatoms. The van der Waals surface area contributed by atoms with Crippen molar-refractivity contribution in [2.45, 2.75) is 6.92 Å². The molecule has 2 nitrogen and oxygen atoms in total. The van der Waals surface area contributed by atoms with Crippen LogP contribution in [0.25, 0.3) is 0 Å². The minimum absolute atomic E-state index is 0.0229. The quantitative estimate of drug-likeness (QED) is 0.700. The summed E-state index contributed by atoms with van der Waals surface area (Å²) in [4.78, 5) is 10.6. The van der Waals surface area contributed by atoms with Gasteiger partial charge in [-0.05, 0) is 0 Å². The molecule has 11 heavy (non-hydrogen) atoms. The Kier molecular flexibility index (Phi) is 2.95. The van der Waals surface area contributed by atoms with Crippen molar-refractivity contribution in [1.29, 1.82) is 0 Å². The molecule has 0 aliphatic heterocycles. The molecule has 1 aromatic rings. The van der Waals surface area contributed by atoms with Crippen LogP contribution in [-0.2, 0) is 4.79 Å². The van der Waals surface area contributed by atoms with Crippen LogP contribution in [0.4, 0.5) is 5.69 Å². The van der Waals surface area contributed by atoms with Crippen molar-refractivity contribution in [2.75, 3.05) is 5.32 Å². The van der Waals surface area contributed by atoms with Gasteiger partial charge in [0.05, 0.1) is 0 Å². The maximum atomic E-state index is 10.6. The van der Waals surface area contributed by atoms with E-state index in [9.17, 15) is 4.79 Å². The average molecular weight is 258 g/mol. The molecule has 0 atom stereocenters. The topological polar surface area (TPSA) is 29.1 Å². The first-order valence-electron chi connectivity index (χ1n) is 3.31. The van der Waals surface area contributed by atoms with E-state index in [1.54, 1.807) is 0 Å². The molecule has 0 spiro atoms. The molecular weight excluding hydrogens is 248 g/mol. The first kappa shape index (κ1) is 8.60. The molecule has 1 amide bonds. The van der Waals surface area contributed by atoms with Crippen molar-refractivity contribution in [3.05, 3.63) is 24.3 Å². The van der Waals surface area contributed by atoms with Gasteiger partial charge in [-0.25, -0.2) is 0 Å². The van der Waals surface area contributed by atoms with E-state index in [1.807, 2.05) is 24.3 Å². The third-order valence-electron chi connectivity index (χ3n) is 1.23. The third-order valence-corrected chi connectivity index (χ3v) is 2.33. The normalized spacial score (nSPS) is 9.27. The summed E-state index contributed by atoms with van der Waals surface area (Å²) in [7, 11) is 0. The Hall–Kier alpha value is -0.492. The molecule has 0 fully saturated rings. The molecule has 0 aliphatic carbocycles. The van der Waals surface area contributed by atoms with Crippen LogP contribution in [0.15, 0.2) is 24.3 Å². The number of benzene rings is 1. The van der Waals surface area contributed by atoms with Crippen molar-refractivity contribution in [1.82, 2.24) is 0 Å². The Labute approximate surface area is 79.5 Å². The van der Waals surface area contributed by atoms with E-state index in [1.165, 1.54) is 10.4 Å². The predicted molar refractivity (Wildman–Crippen MR) is 48.9 cm³/mol. The van der Waals surface area contributed by atoms with Crippen molar-refractivity contribution in [3.63, 3.8) is 0 Å². The van der Waals surface area contributed by atoms with Gasteiger partial charge in [-0.1, -0.05) is 0 Å². The van der Waals surface area contributed by atoms with Gasteiger partial charge in [0.1, 0.15) is 0 Å². The molecule has 1 rings (SSSR count). The Morgan fingerprint density at radius 2 is 1.91 bits per heavy atom. The number of anilines is 1. The Morgan fingerprint density at radius 3 is 2.36 bits per heavy atom. The van der Waals surface area contributed by atoms with Gasteiger partial charge < -0.3 is 0 Å². The van der Waals surface area contributed by atoms with Crippen molar-refractivity contribution in [2.24, 2.45) is 0 Å². The number of rotatable bonds is 1. The van der Waals surface area contributed by atoms with Crippen LogP contribution in [0.2, 0.25) is 0 Å². The number of amides is 1. The van der Waals surface area contributed by atoms with Gasteiger partial charge in [0.2, 0.25) is 0 Å². The van der Waals surface area contributed by atoms with Crippen LogP contribution in [-0.4, -0.2) is 28.9 Å². The van der Waals surface area contributed by atoms with E-state index < -0.39 is 0 Å². The fourth-order valence-electron chi connectivity index (χ4n) is 0.770. The predicted octanol–water partition coefficient (Wildman–Crippen LogP) is -0.0966. The van der Waals surface area contributed by atoms with Crippen molar-refractivity contribution >= 4 is 38.1 Å². The summed E-state index contributed by atoms with van der Waals surface area (Å²) in [6.07, 6.45) is 0. The van der Waals surface area contributed by atoms with Crippen LogP contribution in [0, 0.1) is 0 Å². The summed E-state index contributed by atoms with van der Waals surface area (Å²) >= 11 is 1.12. The Balaban J connectivity index is 2.74. The molecule has 0 aliphatic rings. The van der Waals surface area contributed by atoms with Gasteiger partial charge in [0.25, 0.3) is 0 Å². The maximum absolute atomic E-state index is 10.6. The van der Waals surface area contributed by atoms with Crippen LogP contribution in [0.5, 0.6) is 0 Å². The molecule has 0 radical (unpaired) electrons. The second-order valence-corrected chi connectivity index (χ2v) is 4.21. The summed E-state index contributed by atoms with van der Waals surface area (Å²) in [5.74, 6) is -0.0229. The van der Waals surface area contributed by atoms with Gasteiger partial charge in [-0.2, -0.15) is 0 Å². The Bertz CT molecular complexity index is 255. The first-order chi connectivity index (χ1) is 5.18. The van der Waals surface area contributed by atoms with Crippen LogP contribution in [0.1, 0.15) is 6.92 Å². The van der Waals surface area contributed by atoms with Gasteiger partial charge in [-0.15, -0.1) is 0 Å². The SMILES string of the molecule is CC(=O)Nc1cc[c]([SbH2])cc1. The Morgan fingerprint density at radius 1 is 1.36 bits per heavy atom. The van der Waals surface area contributed by atoms with Gasteiger partial charge >= 0.3 is 79.4 Å². The zero-order chi connectivity index (χ0) is 8.27. The fraction of sp³-hybridized carbons (Fsp3) is 0.125. The second kappa shape index (κ2) is 3.77. The van der Waals surface area contributed by atoms with Crippen LogP contribution in [0.3, 0.4) is 0 Å². The van der Waals surface area contributed by atoms with E-state index in [4.69, 9.17) is 0 Å². The number of carbonyl (C=O) groups excluding carboxylic acids is 1. The summed E-state index contributed by atoms with van der Waals surface area (Å²) in [5, 5.41) is 2.71. The number of hydrogen-bond acceptors (Lipinski definition) is 1. The zero-order valence-corrected chi connectivity index (χ0v) is 9.59. The monoisotopic (exact) mass is 257 g/mol. The molecule has 0 heterocycles. The molecule has 0 bridgehead atoms. The summed E-state index contributed by atoms with van der Waals surface area (Å²) in [5.41, 5.74) is 0.871. The summed E-state index contributed by atoms with van der Waals surface area (Å²) < 4.78 is 1.32. The number of nitrogens with one attached hydrogen (secondary N) is 1. The summed E-state index contributed by atoms with van der Waals surface area (Å²) in [6, 6.07) is 7.88. The third kappa shape index (κ3) is 2.94. The van der Waals surface area contributed by atoms with Crippen LogP contribution < -0.4 is 8.83 Å². The molecule has 1 aromatic carbocycles. The van der Waals surface area contributed by atoms with E-state index in [2.05, 4.69) is 5.32 Å². The molecule has 0 aromatic heterocycles. The molecular formula is C8H10NOSb. The van der Waals surface area contributed by atoms with Crippen LogP contribution >= 0.6 is 0 Å². The molecule has 58 valence electrons. The molecule has 0 unspecified atom stereocenters. The summed E-state index contributed by atoms with van der Waals surface area (Å²) in [6.45, 7) is 1.51. The van der Waals surface area contributed by atoms with Crippen molar-refractivity contribution in [3.8, 4) is 0 Å². The standard InChI is InChI=1S/C8H8NO.Sb.2H/c1-7(10)9-8-5-3-2-4-6-8;;;/h3-6H,1H3,(H,9,10);;;. The van der Waals surface area contributed by atoms with E-state index in [-0.39, 0.29) is 5.91 Å². The van der Waals surface area contributed by atoms with E-state index in [0.29, 0.717) is 0 Å². The van der Waals surface area contributed by atoms with E-state index in [0.717, 1.165) is 28.7 Å². The fourth-order valence-corrected chi connectivity index (χ4v) is 1.32. The number of hydrogen-bond donors (Lipinski definition) is 1. The minimum atomic E-state index is -0.0229. The molecule has 0 saturated carbocycles. The van der Waals surface area contributed by atoms with Gasteiger partial charge in [-0.3, -0.25) is 0 Å². The van der Waals surface area contributed by atoms with Crippen molar-refractivity contribution < 1.29 is 4.79 Å². The van der Waals surface area contributed by atoms with Gasteiger partial charge in [0, 0.05) is 0 Å². The number of carbonyl (C=O) groups is 1. The zero-order valence-electron chi connectivity index (χ0n) is 6.29.